The van der Waals surface area contributed by atoms with Crippen molar-refractivity contribution in [2.45, 2.75) is 19.6 Å². The van der Waals surface area contributed by atoms with E-state index in [0.29, 0.717) is 44.4 Å². The molecule has 0 N–H and O–H groups in total. The molecule has 0 radical (unpaired) electrons. The van der Waals surface area contributed by atoms with Crippen LogP contribution in [0.25, 0.3) is 0 Å². The van der Waals surface area contributed by atoms with Gasteiger partial charge in [-0.05, 0) is 13.0 Å². The van der Waals surface area contributed by atoms with Gasteiger partial charge in [0.05, 0.1) is 6.54 Å². The van der Waals surface area contributed by atoms with Crippen LogP contribution in [0.5, 0.6) is 0 Å². The van der Waals surface area contributed by atoms with Crippen molar-refractivity contribution in [3.63, 3.8) is 0 Å². The molecule has 0 spiro atoms. The van der Waals surface area contributed by atoms with E-state index >= 15 is 0 Å². The van der Waals surface area contributed by atoms with Crippen LogP contribution in [0, 0.1) is 6.92 Å². The lowest BCUT2D eigenvalue weighted by molar-refractivity contribution is -0.141. The van der Waals surface area contributed by atoms with Crippen molar-refractivity contribution < 1.29 is 17.7 Å². The van der Waals surface area contributed by atoms with Gasteiger partial charge in [0.25, 0.3) is 0 Å². The maximum absolute atomic E-state index is 12.7. The van der Waals surface area contributed by atoms with Crippen LogP contribution in [0.3, 0.4) is 0 Å². The Bertz CT molecular complexity index is 666. The lowest BCUT2D eigenvalue weighted by atomic mass is 10.3. The Morgan fingerprint density at radius 2 is 1.91 bits per heavy atom. The Hall–Kier alpha value is -2.23. The zero-order valence-corrected chi connectivity index (χ0v) is 12.4. The first kappa shape index (κ1) is 15.7. The van der Waals surface area contributed by atoms with Crippen LogP contribution in [0.2, 0.25) is 0 Å². The highest BCUT2D eigenvalue weighted by molar-refractivity contribution is 5.31. The average molecular weight is 328 g/mol. The van der Waals surface area contributed by atoms with E-state index in [4.69, 9.17) is 4.52 Å². The third-order valence-corrected chi connectivity index (χ3v) is 3.52. The fourth-order valence-corrected chi connectivity index (χ4v) is 2.36. The predicted molar refractivity (Wildman–Crippen MR) is 73.6 cm³/mol. The van der Waals surface area contributed by atoms with Gasteiger partial charge in [0.1, 0.15) is 5.69 Å². The fourth-order valence-electron chi connectivity index (χ4n) is 2.36. The van der Waals surface area contributed by atoms with E-state index in [2.05, 4.69) is 25.0 Å². The van der Waals surface area contributed by atoms with Crippen molar-refractivity contribution in [1.82, 2.24) is 25.0 Å². The van der Waals surface area contributed by atoms with Crippen molar-refractivity contribution >= 4 is 5.95 Å². The standard InChI is InChI=1S/C13H15F3N6O/c1-9-18-11(23-20-9)8-21-4-6-22(7-5-21)12-17-3-2-10(19-12)13(14,15)16/h2-3H,4-8H2,1H3. The first-order chi connectivity index (χ1) is 10.9. The molecule has 0 atom stereocenters. The molecule has 10 heteroatoms. The first-order valence-corrected chi connectivity index (χ1v) is 7.08. The van der Waals surface area contributed by atoms with Gasteiger partial charge in [-0.1, -0.05) is 5.16 Å². The maximum atomic E-state index is 12.7. The van der Waals surface area contributed by atoms with Crippen molar-refractivity contribution in [2.75, 3.05) is 31.1 Å². The van der Waals surface area contributed by atoms with Gasteiger partial charge in [0, 0.05) is 32.4 Å². The second-order valence-electron chi connectivity index (χ2n) is 5.24. The van der Waals surface area contributed by atoms with Crippen molar-refractivity contribution in [3.8, 4) is 0 Å². The molecule has 124 valence electrons. The molecular formula is C13H15F3N6O. The molecule has 2 aromatic rings. The minimum absolute atomic E-state index is 0.105. The molecule has 0 aliphatic carbocycles. The molecule has 0 saturated carbocycles. The molecule has 0 bridgehead atoms. The van der Waals surface area contributed by atoms with Gasteiger partial charge >= 0.3 is 6.18 Å². The summed E-state index contributed by atoms with van der Waals surface area (Å²) in [5.41, 5.74) is -0.925. The van der Waals surface area contributed by atoms with E-state index < -0.39 is 11.9 Å². The van der Waals surface area contributed by atoms with E-state index in [-0.39, 0.29) is 5.95 Å². The van der Waals surface area contributed by atoms with E-state index in [1.54, 1.807) is 11.8 Å². The maximum Gasteiger partial charge on any atom is 0.433 e. The fraction of sp³-hybridized carbons (Fsp3) is 0.538. The highest BCUT2D eigenvalue weighted by Crippen LogP contribution is 2.28. The zero-order valence-electron chi connectivity index (χ0n) is 12.4. The SMILES string of the molecule is Cc1noc(CN2CCN(c3nccc(C(F)(F)F)n3)CC2)n1. The Balaban J connectivity index is 1.60. The lowest BCUT2D eigenvalue weighted by Gasteiger charge is -2.34. The quantitative estimate of drug-likeness (QED) is 0.846. The summed E-state index contributed by atoms with van der Waals surface area (Å²) in [7, 11) is 0. The van der Waals surface area contributed by atoms with E-state index in [9.17, 15) is 13.2 Å². The smallest absolute Gasteiger partial charge is 0.338 e. The summed E-state index contributed by atoms with van der Waals surface area (Å²) in [5, 5.41) is 3.73. The molecule has 2 aromatic heterocycles. The van der Waals surface area contributed by atoms with Crippen LogP contribution in [0.1, 0.15) is 17.4 Å². The Morgan fingerprint density at radius 3 is 2.52 bits per heavy atom. The van der Waals surface area contributed by atoms with Crippen LogP contribution in [0.4, 0.5) is 19.1 Å². The second-order valence-corrected chi connectivity index (χ2v) is 5.24. The molecule has 1 aliphatic heterocycles. The van der Waals surface area contributed by atoms with E-state index in [1.807, 2.05) is 0 Å². The van der Waals surface area contributed by atoms with Crippen LogP contribution in [-0.4, -0.2) is 51.2 Å². The molecule has 0 unspecified atom stereocenters. The average Bonchev–Trinajstić information content (AvgIpc) is 2.92. The number of hydrogen-bond donors (Lipinski definition) is 0. The lowest BCUT2D eigenvalue weighted by Crippen LogP contribution is -2.46. The van der Waals surface area contributed by atoms with Crippen LogP contribution >= 0.6 is 0 Å². The molecular weight excluding hydrogens is 313 g/mol. The third-order valence-electron chi connectivity index (χ3n) is 3.52. The largest absolute Gasteiger partial charge is 0.433 e. The highest BCUT2D eigenvalue weighted by Gasteiger charge is 2.33. The molecule has 23 heavy (non-hydrogen) atoms. The van der Waals surface area contributed by atoms with Gasteiger partial charge in [-0.25, -0.2) is 9.97 Å². The summed E-state index contributed by atoms with van der Waals surface area (Å²) in [6, 6.07) is 0.873. The monoisotopic (exact) mass is 328 g/mol. The van der Waals surface area contributed by atoms with Crippen molar-refractivity contribution in [2.24, 2.45) is 0 Å². The zero-order chi connectivity index (χ0) is 16.4. The number of rotatable bonds is 3. The summed E-state index contributed by atoms with van der Waals surface area (Å²) in [5.74, 6) is 1.22. The topological polar surface area (TPSA) is 71.2 Å². The number of aromatic nitrogens is 4. The van der Waals surface area contributed by atoms with Gasteiger partial charge in [0.2, 0.25) is 11.8 Å². The number of hydrogen-bond acceptors (Lipinski definition) is 7. The number of alkyl halides is 3. The third kappa shape index (κ3) is 3.76. The number of nitrogens with zero attached hydrogens (tertiary/aromatic N) is 6. The van der Waals surface area contributed by atoms with Crippen LogP contribution in [0.15, 0.2) is 16.8 Å². The number of halogens is 3. The summed E-state index contributed by atoms with van der Waals surface area (Å²) in [6.07, 6.45) is -3.33. The van der Waals surface area contributed by atoms with Crippen molar-refractivity contribution in [3.05, 3.63) is 29.7 Å². The summed E-state index contributed by atoms with van der Waals surface area (Å²) in [6.45, 7) is 4.65. The van der Waals surface area contributed by atoms with Crippen LogP contribution in [-0.2, 0) is 12.7 Å². The second kappa shape index (κ2) is 6.11. The van der Waals surface area contributed by atoms with E-state index in [1.165, 1.54) is 0 Å². The Kier molecular flexibility index (Phi) is 4.16. The van der Waals surface area contributed by atoms with Crippen LogP contribution < -0.4 is 4.90 Å². The highest BCUT2D eigenvalue weighted by atomic mass is 19.4. The molecule has 3 rings (SSSR count). The van der Waals surface area contributed by atoms with Gasteiger partial charge in [-0.3, -0.25) is 4.90 Å². The minimum Gasteiger partial charge on any atom is -0.338 e. The summed E-state index contributed by atoms with van der Waals surface area (Å²) < 4.78 is 43.2. The number of piperazine rings is 1. The number of aryl methyl sites for hydroxylation is 1. The van der Waals surface area contributed by atoms with Gasteiger partial charge in [0.15, 0.2) is 5.82 Å². The molecule has 0 amide bonds. The Labute approximate surface area is 130 Å². The predicted octanol–water partition coefficient (Wildman–Crippen LogP) is 1.51. The minimum atomic E-state index is -4.46. The molecule has 1 saturated heterocycles. The molecule has 1 fully saturated rings. The van der Waals surface area contributed by atoms with E-state index in [0.717, 1.165) is 12.3 Å². The Morgan fingerprint density at radius 1 is 1.17 bits per heavy atom. The van der Waals surface area contributed by atoms with Gasteiger partial charge < -0.3 is 9.42 Å². The normalized spacial score (nSPS) is 16.8. The van der Waals surface area contributed by atoms with Crippen molar-refractivity contribution in [1.29, 1.82) is 0 Å². The summed E-state index contributed by atoms with van der Waals surface area (Å²) >= 11 is 0. The summed E-state index contributed by atoms with van der Waals surface area (Å²) in [4.78, 5) is 15.5. The van der Waals surface area contributed by atoms with Gasteiger partial charge in [-0.2, -0.15) is 18.2 Å². The molecule has 1 aliphatic rings. The molecule has 3 heterocycles. The molecule has 0 aromatic carbocycles. The first-order valence-electron chi connectivity index (χ1n) is 7.08. The molecule has 7 nitrogen and oxygen atoms in total. The van der Waals surface area contributed by atoms with Gasteiger partial charge in [-0.15, -0.1) is 0 Å². The number of anilines is 1.